The maximum Gasteiger partial charge on any atom is 0.0540 e. The summed E-state index contributed by atoms with van der Waals surface area (Å²) in [5, 5.41) is 11.5. The maximum atomic E-state index is 8.67. The van der Waals surface area contributed by atoms with E-state index in [1.54, 1.807) is 11.3 Å². The van der Waals surface area contributed by atoms with Crippen LogP contribution in [-0.4, -0.2) is 17.0 Å². The summed E-state index contributed by atoms with van der Waals surface area (Å²) < 4.78 is 0. The molecule has 0 bridgehead atoms. The molecule has 0 aliphatic rings. The van der Waals surface area contributed by atoms with Gasteiger partial charge in [0.05, 0.1) is 6.61 Å². The molecule has 1 heterocycles. The first-order valence-electron chi connectivity index (χ1n) is 5.55. The molecule has 0 amide bonds. The normalized spacial score (nSPS) is 11.9. The van der Waals surface area contributed by atoms with E-state index < -0.39 is 0 Å². The summed E-state index contributed by atoms with van der Waals surface area (Å²) in [6.07, 6.45) is 1.77. The molecular weight excluding hydrogens is 236 g/mol. The van der Waals surface area contributed by atoms with Crippen molar-refractivity contribution >= 4 is 23.1 Å². The number of rotatable bonds is 5. The van der Waals surface area contributed by atoms with Gasteiger partial charge in [0.1, 0.15) is 0 Å². The minimum Gasteiger partial charge on any atom is -0.395 e. The number of aliphatic hydroxyl groups is 1. The predicted molar refractivity (Wildman–Crippen MR) is 73.9 cm³/mol. The first kappa shape index (κ1) is 13.6. The van der Waals surface area contributed by atoms with Crippen molar-refractivity contribution in [3.8, 4) is 11.8 Å². The number of hydrogen-bond acceptors (Lipinski definition) is 3. The molecule has 1 aromatic rings. The van der Waals surface area contributed by atoms with E-state index in [0.717, 1.165) is 11.3 Å². The lowest BCUT2D eigenvalue weighted by molar-refractivity contribution is 0.305. The fourth-order valence-corrected chi connectivity index (χ4v) is 3.03. The lowest BCUT2D eigenvalue weighted by Crippen LogP contribution is -1.93. The van der Waals surface area contributed by atoms with Crippen LogP contribution in [0.5, 0.6) is 0 Å². The monoisotopic (exact) mass is 254 g/mol. The van der Waals surface area contributed by atoms with Crippen LogP contribution in [0.1, 0.15) is 37.1 Å². The lowest BCUT2D eigenvalue weighted by Gasteiger charge is -2.06. The highest BCUT2D eigenvalue weighted by Gasteiger charge is 2.04. The highest BCUT2D eigenvalue weighted by molar-refractivity contribution is 7.99. The molecule has 0 aliphatic heterocycles. The van der Waals surface area contributed by atoms with Crippen LogP contribution in [0, 0.1) is 11.8 Å². The molecule has 0 aliphatic carbocycles. The Morgan fingerprint density at radius 3 is 3.06 bits per heavy atom. The Balaban J connectivity index is 2.54. The highest BCUT2D eigenvalue weighted by atomic mass is 32.2. The second-order valence-electron chi connectivity index (χ2n) is 3.56. The topological polar surface area (TPSA) is 20.2 Å². The SMILES string of the molecule is CCC(C)SCc1sccc1C#CCCO. The van der Waals surface area contributed by atoms with Crippen LogP contribution >= 0.6 is 23.1 Å². The van der Waals surface area contributed by atoms with Crippen LogP contribution in [0.25, 0.3) is 0 Å². The van der Waals surface area contributed by atoms with E-state index in [0.29, 0.717) is 11.7 Å². The zero-order chi connectivity index (χ0) is 11.8. The highest BCUT2D eigenvalue weighted by Crippen LogP contribution is 2.25. The number of thioether (sulfide) groups is 1. The van der Waals surface area contributed by atoms with E-state index in [-0.39, 0.29) is 6.61 Å². The number of aliphatic hydroxyl groups excluding tert-OH is 1. The third-order valence-electron chi connectivity index (χ3n) is 2.28. The summed E-state index contributed by atoms with van der Waals surface area (Å²) in [7, 11) is 0. The van der Waals surface area contributed by atoms with Crippen LogP contribution < -0.4 is 0 Å². The summed E-state index contributed by atoms with van der Waals surface area (Å²) in [5.41, 5.74) is 1.13. The van der Waals surface area contributed by atoms with Gasteiger partial charge in [0.25, 0.3) is 0 Å². The van der Waals surface area contributed by atoms with Crippen molar-refractivity contribution in [2.45, 2.75) is 37.7 Å². The van der Waals surface area contributed by atoms with Gasteiger partial charge >= 0.3 is 0 Å². The quantitative estimate of drug-likeness (QED) is 0.811. The molecule has 1 N–H and O–H groups in total. The van der Waals surface area contributed by atoms with E-state index in [9.17, 15) is 0 Å². The third-order valence-corrected chi connectivity index (χ3v) is 4.74. The van der Waals surface area contributed by atoms with Crippen molar-refractivity contribution in [1.29, 1.82) is 0 Å². The van der Waals surface area contributed by atoms with Crippen molar-refractivity contribution in [2.24, 2.45) is 0 Å². The Labute approximate surface area is 106 Å². The van der Waals surface area contributed by atoms with Gasteiger partial charge in [-0.3, -0.25) is 0 Å². The van der Waals surface area contributed by atoms with Crippen LogP contribution in [0.15, 0.2) is 11.4 Å². The summed E-state index contributed by atoms with van der Waals surface area (Å²) in [6, 6.07) is 2.07. The molecule has 3 heteroatoms. The van der Waals surface area contributed by atoms with Gasteiger partial charge in [0, 0.05) is 27.9 Å². The summed E-state index contributed by atoms with van der Waals surface area (Å²) in [4.78, 5) is 1.36. The van der Waals surface area contributed by atoms with Gasteiger partial charge in [-0.15, -0.1) is 11.3 Å². The fourth-order valence-electron chi connectivity index (χ4n) is 1.11. The molecule has 0 spiro atoms. The van der Waals surface area contributed by atoms with E-state index in [1.165, 1.54) is 11.3 Å². The van der Waals surface area contributed by atoms with Crippen molar-refractivity contribution in [3.05, 3.63) is 21.9 Å². The smallest absolute Gasteiger partial charge is 0.0540 e. The largest absolute Gasteiger partial charge is 0.395 e. The molecule has 0 radical (unpaired) electrons. The number of thiophene rings is 1. The summed E-state index contributed by atoms with van der Waals surface area (Å²) in [5.74, 6) is 7.15. The molecule has 88 valence electrons. The average Bonchev–Trinajstić information content (AvgIpc) is 2.74. The summed E-state index contributed by atoms with van der Waals surface area (Å²) in [6.45, 7) is 4.62. The van der Waals surface area contributed by atoms with Gasteiger partial charge in [0.2, 0.25) is 0 Å². The van der Waals surface area contributed by atoms with Gasteiger partial charge in [-0.25, -0.2) is 0 Å². The van der Waals surface area contributed by atoms with Gasteiger partial charge in [-0.2, -0.15) is 11.8 Å². The van der Waals surface area contributed by atoms with Crippen molar-refractivity contribution in [1.82, 2.24) is 0 Å². The molecule has 1 atom stereocenters. The second kappa shape index (κ2) is 7.78. The minimum atomic E-state index is 0.147. The molecule has 0 aromatic carbocycles. The Bertz CT molecular complexity index is 359. The van der Waals surface area contributed by atoms with Gasteiger partial charge in [0.15, 0.2) is 0 Å². The second-order valence-corrected chi connectivity index (χ2v) is 5.99. The third kappa shape index (κ3) is 4.61. The first-order valence-corrected chi connectivity index (χ1v) is 7.48. The minimum absolute atomic E-state index is 0.147. The standard InChI is InChI=1S/C13H18OS2/c1-3-11(2)16-10-13-12(7-9-15-13)6-4-5-8-14/h7,9,11,14H,3,5,8,10H2,1-2H3. The van der Waals surface area contributed by atoms with Crippen molar-refractivity contribution in [3.63, 3.8) is 0 Å². The van der Waals surface area contributed by atoms with E-state index in [4.69, 9.17) is 5.11 Å². The molecule has 16 heavy (non-hydrogen) atoms. The molecule has 0 saturated carbocycles. The Morgan fingerprint density at radius 1 is 1.56 bits per heavy atom. The molecular formula is C13H18OS2. The van der Waals surface area contributed by atoms with Gasteiger partial charge in [-0.1, -0.05) is 25.7 Å². The molecule has 0 saturated heterocycles. The Hall–Kier alpha value is -0.430. The molecule has 1 unspecified atom stereocenters. The lowest BCUT2D eigenvalue weighted by atomic mass is 10.2. The average molecular weight is 254 g/mol. The molecule has 1 aromatic heterocycles. The van der Waals surface area contributed by atoms with Crippen LogP contribution in [-0.2, 0) is 5.75 Å². The maximum absolute atomic E-state index is 8.67. The fraction of sp³-hybridized carbons (Fsp3) is 0.538. The van der Waals surface area contributed by atoms with Crippen molar-refractivity contribution in [2.75, 3.05) is 6.61 Å². The molecule has 1 rings (SSSR count). The predicted octanol–water partition coefficient (Wildman–Crippen LogP) is 3.51. The Morgan fingerprint density at radius 2 is 2.38 bits per heavy atom. The van der Waals surface area contributed by atoms with E-state index in [2.05, 4.69) is 37.1 Å². The van der Waals surface area contributed by atoms with Gasteiger partial charge < -0.3 is 5.11 Å². The van der Waals surface area contributed by atoms with E-state index in [1.807, 2.05) is 11.8 Å². The van der Waals surface area contributed by atoms with Gasteiger partial charge in [-0.05, 0) is 17.9 Å². The molecule has 1 nitrogen and oxygen atoms in total. The number of hydrogen-bond donors (Lipinski definition) is 1. The van der Waals surface area contributed by atoms with E-state index >= 15 is 0 Å². The van der Waals surface area contributed by atoms with Crippen LogP contribution in [0.2, 0.25) is 0 Å². The summed E-state index contributed by atoms with van der Waals surface area (Å²) >= 11 is 3.75. The molecule has 0 fully saturated rings. The zero-order valence-electron chi connectivity index (χ0n) is 9.82. The zero-order valence-corrected chi connectivity index (χ0v) is 11.5. The van der Waals surface area contributed by atoms with Crippen LogP contribution in [0.3, 0.4) is 0 Å². The van der Waals surface area contributed by atoms with Crippen LogP contribution in [0.4, 0.5) is 0 Å². The first-order chi connectivity index (χ1) is 7.77. The Kier molecular flexibility index (Phi) is 6.63. The van der Waals surface area contributed by atoms with Crippen molar-refractivity contribution < 1.29 is 5.11 Å².